The summed E-state index contributed by atoms with van der Waals surface area (Å²) in [4.78, 5) is 12.1. The van der Waals surface area contributed by atoms with Gasteiger partial charge in [-0.2, -0.15) is 0 Å². The lowest BCUT2D eigenvalue weighted by molar-refractivity contribution is 0.0997. The van der Waals surface area contributed by atoms with Crippen LogP contribution in [0.3, 0.4) is 0 Å². The van der Waals surface area contributed by atoms with Crippen molar-refractivity contribution >= 4 is 23.2 Å². The molecular weight excluding hydrogens is 286 g/mol. The second kappa shape index (κ2) is 5.85. The van der Waals surface area contributed by atoms with Crippen LogP contribution in [0, 0.1) is 0 Å². The summed E-state index contributed by atoms with van der Waals surface area (Å²) in [5, 5.41) is 3.44. The fourth-order valence-electron chi connectivity index (χ4n) is 1.94. The van der Waals surface area contributed by atoms with Crippen molar-refractivity contribution in [1.29, 1.82) is 0 Å². The van der Waals surface area contributed by atoms with Gasteiger partial charge in [0.15, 0.2) is 5.76 Å². The molecule has 0 aliphatic heterocycles. The third-order valence-corrected chi connectivity index (χ3v) is 3.24. The Morgan fingerprint density at radius 2 is 1.62 bits per heavy atom. The predicted octanol–water partition coefficient (Wildman–Crippen LogP) is 4.85. The molecule has 21 heavy (non-hydrogen) atoms. The molecule has 4 heteroatoms. The largest absolute Gasteiger partial charge is 0.451 e. The molecule has 1 heterocycles. The normalized spacial score (nSPS) is 10.3. The number of hydrogen-bond acceptors (Lipinski definition) is 2. The third kappa shape index (κ3) is 3.15. The number of anilines is 1. The molecule has 1 amide bonds. The van der Waals surface area contributed by atoms with Crippen molar-refractivity contribution in [3.63, 3.8) is 0 Å². The first-order valence-corrected chi connectivity index (χ1v) is 6.82. The monoisotopic (exact) mass is 297 g/mol. The number of furan rings is 1. The van der Waals surface area contributed by atoms with Crippen LogP contribution in [0.5, 0.6) is 0 Å². The molecule has 0 aliphatic rings. The van der Waals surface area contributed by atoms with Crippen molar-refractivity contribution in [2.24, 2.45) is 0 Å². The van der Waals surface area contributed by atoms with Crippen LogP contribution in [0.15, 0.2) is 71.1 Å². The van der Waals surface area contributed by atoms with Crippen LogP contribution in [0.2, 0.25) is 5.02 Å². The van der Waals surface area contributed by atoms with Crippen LogP contribution in [0.4, 0.5) is 5.69 Å². The SMILES string of the molecule is O=C(Nc1ccccc1)c1ccc(-c2ccc(Cl)cc2)o1. The summed E-state index contributed by atoms with van der Waals surface area (Å²) in [5.74, 6) is 0.620. The fraction of sp³-hybridized carbons (Fsp3) is 0. The zero-order valence-corrected chi connectivity index (χ0v) is 11.8. The second-order valence-electron chi connectivity index (χ2n) is 4.49. The molecule has 0 saturated carbocycles. The van der Waals surface area contributed by atoms with E-state index in [1.54, 1.807) is 24.3 Å². The summed E-state index contributed by atoms with van der Waals surface area (Å²) in [6.07, 6.45) is 0. The summed E-state index contributed by atoms with van der Waals surface area (Å²) in [5.41, 5.74) is 1.60. The highest BCUT2D eigenvalue weighted by Crippen LogP contribution is 2.24. The Hall–Kier alpha value is -2.52. The van der Waals surface area contributed by atoms with Gasteiger partial charge >= 0.3 is 0 Å². The zero-order chi connectivity index (χ0) is 14.7. The van der Waals surface area contributed by atoms with Crippen LogP contribution < -0.4 is 5.32 Å². The first-order valence-electron chi connectivity index (χ1n) is 6.44. The number of nitrogens with one attached hydrogen (secondary N) is 1. The molecule has 1 N–H and O–H groups in total. The highest BCUT2D eigenvalue weighted by atomic mass is 35.5. The smallest absolute Gasteiger partial charge is 0.291 e. The molecule has 2 aromatic carbocycles. The van der Waals surface area contributed by atoms with Gasteiger partial charge in [-0.3, -0.25) is 4.79 Å². The van der Waals surface area contributed by atoms with Gasteiger partial charge in [0.25, 0.3) is 5.91 Å². The maximum absolute atomic E-state index is 12.1. The lowest BCUT2D eigenvalue weighted by atomic mass is 10.2. The number of halogens is 1. The Morgan fingerprint density at radius 3 is 2.33 bits per heavy atom. The highest BCUT2D eigenvalue weighted by Gasteiger charge is 2.12. The number of carbonyl (C=O) groups excluding carboxylic acids is 1. The molecule has 3 aromatic rings. The van der Waals surface area contributed by atoms with Gasteiger partial charge in [-0.15, -0.1) is 0 Å². The van der Waals surface area contributed by atoms with Gasteiger partial charge in [-0.05, 0) is 48.5 Å². The molecule has 0 fully saturated rings. The fourth-order valence-corrected chi connectivity index (χ4v) is 2.07. The average Bonchev–Trinajstić information content (AvgIpc) is 2.99. The van der Waals surface area contributed by atoms with Crippen molar-refractivity contribution in [2.75, 3.05) is 5.32 Å². The Kier molecular flexibility index (Phi) is 3.75. The van der Waals surface area contributed by atoms with E-state index in [9.17, 15) is 4.79 Å². The summed E-state index contributed by atoms with van der Waals surface area (Å²) in [7, 11) is 0. The molecule has 0 radical (unpaired) electrons. The van der Waals surface area contributed by atoms with Gasteiger partial charge in [0.1, 0.15) is 5.76 Å². The molecule has 0 aliphatic carbocycles. The quantitative estimate of drug-likeness (QED) is 0.750. The molecule has 0 unspecified atom stereocenters. The number of carbonyl (C=O) groups is 1. The van der Waals surface area contributed by atoms with Crippen molar-refractivity contribution in [2.45, 2.75) is 0 Å². The summed E-state index contributed by atoms with van der Waals surface area (Å²) in [6, 6.07) is 19.9. The van der Waals surface area contributed by atoms with Crippen LogP contribution in [0.25, 0.3) is 11.3 Å². The minimum Gasteiger partial charge on any atom is -0.451 e. The number of para-hydroxylation sites is 1. The van der Waals surface area contributed by atoms with Crippen LogP contribution in [-0.4, -0.2) is 5.91 Å². The Balaban J connectivity index is 1.78. The summed E-state index contributed by atoms with van der Waals surface area (Å²) >= 11 is 5.85. The average molecular weight is 298 g/mol. The highest BCUT2D eigenvalue weighted by molar-refractivity contribution is 6.30. The number of benzene rings is 2. The Labute approximate surface area is 127 Å². The number of hydrogen-bond donors (Lipinski definition) is 1. The summed E-state index contributed by atoms with van der Waals surface area (Å²) < 4.78 is 5.59. The molecule has 3 nitrogen and oxygen atoms in total. The lowest BCUT2D eigenvalue weighted by Crippen LogP contribution is -2.10. The van der Waals surface area contributed by atoms with E-state index in [1.807, 2.05) is 42.5 Å². The topological polar surface area (TPSA) is 42.2 Å². The van der Waals surface area contributed by atoms with Crippen molar-refractivity contribution in [3.8, 4) is 11.3 Å². The van der Waals surface area contributed by atoms with Crippen LogP contribution >= 0.6 is 11.6 Å². The molecule has 0 saturated heterocycles. The van der Waals surface area contributed by atoms with E-state index >= 15 is 0 Å². The third-order valence-electron chi connectivity index (χ3n) is 2.99. The number of rotatable bonds is 3. The first-order chi connectivity index (χ1) is 10.2. The number of amides is 1. The van der Waals surface area contributed by atoms with Gasteiger partial charge in [0.05, 0.1) is 0 Å². The Bertz CT molecular complexity index is 748. The van der Waals surface area contributed by atoms with Crippen molar-refractivity contribution in [1.82, 2.24) is 0 Å². The first kappa shape index (κ1) is 13.5. The summed E-state index contributed by atoms with van der Waals surface area (Å²) in [6.45, 7) is 0. The van der Waals surface area contributed by atoms with E-state index in [1.165, 1.54) is 0 Å². The van der Waals surface area contributed by atoms with E-state index in [2.05, 4.69) is 5.32 Å². The van der Waals surface area contributed by atoms with Gasteiger partial charge in [0.2, 0.25) is 0 Å². The van der Waals surface area contributed by atoms with Gasteiger partial charge in [-0.1, -0.05) is 29.8 Å². The molecule has 0 atom stereocenters. The maximum atomic E-state index is 12.1. The molecule has 1 aromatic heterocycles. The molecular formula is C17H12ClNO2. The second-order valence-corrected chi connectivity index (χ2v) is 4.93. The molecule has 0 bridgehead atoms. The molecule has 104 valence electrons. The van der Waals surface area contributed by atoms with Crippen LogP contribution in [0.1, 0.15) is 10.6 Å². The lowest BCUT2D eigenvalue weighted by Gasteiger charge is -2.02. The molecule has 3 rings (SSSR count). The Morgan fingerprint density at radius 1 is 0.905 bits per heavy atom. The van der Waals surface area contributed by atoms with E-state index in [0.29, 0.717) is 10.8 Å². The van der Waals surface area contributed by atoms with E-state index < -0.39 is 0 Å². The van der Waals surface area contributed by atoms with Gasteiger partial charge in [0, 0.05) is 16.3 Å². The molecule has 0 spiro atoms. The van der Waals surface area contributed by atoms with E-state index in [-0.39, 0.29) is 11.7 Å². The van der Waals surface area contributed by atoms with E-state index in [4.69, 9.17) is 16.0 Å². The minimum absolute atomic E-state index is 0.267. The minimum atomic E-state index is -0.276. The standard InChI is InChI=1S/C17H12ClNO2/c18-13-8-6-12(7-9-13)15-10-11-16(21-15)17(20)19-14-4-2-1-3-5-14/h1-11H,(H,19,20). The van der Waals surface area contributed by atoms with Crippen molar-refractivity contribution < 1.29 is 9.21 Å². The zero-order valence-electron chi connectivity index (χ0n) is 11.0. The maximum Gasteiger partial charge on any atom is 0.291 e. The van der Waals surface area contributed by atoms with Gasteiger partial charge < -0.3 is 9.73 Å². The van der Waals surface area contributed by atoms with Crippen LogP contribution in [-0.2, 0) is 0 Å². The van der Waals surface area contributed by atoms with E-state index in [0.717, 1.165) is 11.3 Å². The van der Waals surface area contributed by atoms with Crippen molar-refractivity contribution in [3.05, 3.63) is 77.5 Å². The van der Waals surface area contributed by atoms with Gasteiger partial charge in [-0.25, -0.2) is 0 Å². The predicted molar refractivity (Wildman–Crippen MR) is 83.5 cm³/mol.